The normalized spacial score (nSPS) is 12.7. The molecule has 0 aliphatic heterocycles. The molecule has 4 nitrogen and oxygen atoms in total. The molecular formula is C10H16N2O2S. The van der Waals surface area contributed by atoms with Gasteiger partial charge in [-0.3, -0.25) is 4.79 Å². The second-order valence-corrected chi connectivity index (χ2v) is 4.44. The van der Waals surface area contributed by atoms with Crippen molar-refractivity contribution in [1.82, 2.24) is 10.3 Å². The maximum absolute atomic E-state index is 10.4. The molecule has 0 amide bonds. The smallest absolute Gasteiger partial charge is 0.309 e. The fraction of sp³-hybridized carbons (Fsp3) is 0.600. The average Bonchev–Trinajstić information content (AvgIpc) is 2.61. The van der Waals surface area contributed by atoms with Crippen LogP contribution in [-0.4, -0.2) is 22.1 Å². The van der Waals surface area contributed by atoms with Crippen molar-refractivity contribution >= 4 is 17.3 Å². The molecule has 84 valence electrons. The van der Waals surface area contributed by atoms with Crippen LogP contribution in [0.15, 0.2) is 5.38 Å². The van der Waals surface area contributed by atoms with Crippen LogP contribution in [0.4, 0.5) is 0 Å². The molecule has 1 unspecified atom stereocenters. The number of nitrogens with zero attached hydrogens (tertiary/aromatic N) is 1. The van der Waals surface area contributed by atoms with E-state index in [0.717, 1.165) is 18.0 Å². The first kappa shape index (κ1) is 12.1. The maximum Gasteiger partial charge on any atom is 0.309 e. The molecule has 1 heterocycles. The lowest BCUT2D eigenvalue weighted by Crippen LogP contribution is -2.24. The summed E-state index contributed by atoms with van der Waals surface area (Å²) >= 11 is 1.51. The number of carbonyl (C=O) groups is 1. The number of carboxylic acid groups (broad SMARTS) is 1. The van der Waals surface area contributed by atoms with E-state index in [1.54, 1.807) is 0 Å². The number of aliphatic carboxylic acids is 1. The largest absolute Gasteiger partial charge is 0.481 e. The van der Waals surface area contributed by atoms with Crippen LogP contribution < -0.4 is 5.32 Å². The summed E-state index contributed by atoms with van der Waals surface area (Å²) in [5.74, 6) is -0.832. The molecule has 1 aromatic heterocycles. The predicted molar refractivity (Wildman–Crippen MR) is 60.0 cm³/mol. The van der Waals surface area contributed by atoms with E-state index in [1.165, 1.54) is 11.3 Å². The molecule has 15 heavy (non-hydrogen) atoms. The lowest BCUT2D eigenvalue weighted by atomic mass is 10.3. The lowest BCUT2D eigenvalue weighted by Gasteiger charge is -2.08. The van der Waals surface area contributed by atoms with Crippen molar-refractivity contribution in [2.45, 2.75) is 39.3 Å². The van der Waals surface area contributed by atoms with Crippen LogP contribution in [0.3, 0.4) is 0 Å². The molecule has 0 aliphatic rings. The first-order valence-electron chi connectivity index (χ1n) is 5.00. The summed E-state index contributed by atoms with van der Waals surface area (Å²) in [6.45, 7) is 4.96. The fourth-order valence-electron chi connectivity index (χ4n) is 1.07. The third-order valence-electron chi connectivity index (χ3n) is 2.15. The topological polar surface area (TPSA) is 62.2 Å². The van der Waals surface area contributed by atoms with Crippen LogP contribution in [0.1, 0.15) is 31.0 Å². The minimum Gasteiger partial charge on any atom is -0.481 e. The Balaban J connectivity index is 2.42. The molecular weight excluding hydrogens is 212 g/mol. The third kappa shape index (κ3) is 4.40. The van der Waals surface area contributed by atoms with Crippen molar-refractivity contribution in [1.29, 1.82) is 0 Å². The van der Waals surface area contributed by atoms with Gasteiger partial charge in [0, 0.05) is 18.0 Å². The van der Waals surface area contributed by atoms with Crippen LogP contribution in [0.25, 0.3) is 0 Å². The van der Waals surface area contributed by atoms with Gasteiger partial charge in [0.25, 0.3) is 0 Å². The average molecular weight is 228 g/mol. The van der Waals surface area contributed by atoms with Crippen LogP contribution in [0.5, 0.6) is 0 Å². The summed E-state index contributed by atoms with van der Waals surface area (Å²) in [5.41, 5.74) is 0.647. The number of rotatable bonds is 6. The van der Waals surface area contributed by atoms with Crippen molar-refractivity contribution in [3.8, 4) is 0 Å². The Hall–Kier alpha value is -0.940. The Morgan fingerprint density at radius 1 is 1.73 bits per heavy atom. The molecule has 0 bridgehead atoms. The third-order valence-corrected chi connectivity index (χ3v) is 3.04. The van der Waals surface area contributed by atoms with E-state index in [1.807, 2.05) is 5.38 Å². The Bertz CT molecular complexity index is 325. The standard InChI is InChI=1S/C10H16N2O2S/c1-3-7(2)11-5-9-12-8(6-15-9)4-10(13)14/h6-7,11H,3-5H2,1-2H3,(H,13,14). The van der Waals surface area contributed by atoms with Crippen molar-refractivity contribution in [2.75, 3.05) is 0 Å². The SMILES string of the molecule is CCC(C)NCc1nc(CC(=O)O)cs1. The van der Waals surface area contributed by atoms with E-state index in [-0.39, 0.29) is 6.42 Å². The highest BCUT2D eigenvalue weighted by Crippen LogP contribution is 2.10. The Morgan fingerprint density at radius 2 is 2.47 bits per heavy atom. The highest BCUT2D eigenvalue weighted by Gasteiger charge is 2.06. The molecule has 1 atom stereocenters. The van der Waals surface area contributed by atoms with E-state index in [9.17, 15) is 4.79 Å². The van der Waals surface area contributed by atoms with Crippen molar-refractivity contribution < 1.29 is 9.90 Å². The Labute approximate surface area is 93.4 Å². The fourth-order valence-corrected chi connectivity index (χ4v) is 1.82. The molecule has 1 aromatic rings. The number of nitrogens with one attached hydrogen (secondary N) is 1. The zero-order valence-electron chi connectivity index (χ0n) is 8.99. The number of thiazole rings is 1. The highest BCUT2D eigenvalue weighted by molar-refractivity contribution is 7.09. The summed E-state index contributed by atoms with van der Waals surface area (Å²) in [6, 6.07) is 0.469. The van der Waals surface area contributed by atoms with E-state index < -0.39 is 5.97 Å². The number of carboxylic acids is 1. The zero-order valence-corrected chi connectivity index (χ0v) is 9.80. The number of aromatic nitrogens is 1. The van der Waals surface area contributed by atoms with Gasteiger partial charge < -0.3 is 10.4 Å². The second kappa shape index (κ2) is 5.82. The molecule has 0 saturated heterocycles. The summed E-state index contributed by atoms with van der Waals surface area (Å²) in [6.07, 6.45) is 1.09. The van der Waals surface area contributed by atoms with Gasteiger partial charge >= 0.3 is 5.97 Å². The van der Waals surface area contributed by atoms with E-state index >= 15 is 0 Å². The Kier molecular flexibility index (Phi) is 4.71. The monoisotopic (exact) mass is 228 g/mol. The van der Waals surface area contributed by atoms with E-state index in [0.29, 0.717) is 11.7 Å². The molecule has 5 heteroatoms. The van der Waals surface area contributed by atoms with Gasteiger partial charge in [0.05, 0.1) is 12.1 Å². The molecule has 0 spiro atoms. The van der Waals surface area contributed by atoms with Gasteiger partial charge in [-0.1, -0.05) is 6.92 Å². The van der Waals surface area contributed by atoms with Crippen LogP contribution in [0.2, 0.25) is 0 Å². The summed E-state index contributed by atoms with van der Waals surface area (Å²) in [5, 5.41) is 14.7. The van der Waals surface area contributed by atoms with Gasteiger partial charge in [-0.2, -0.15) is 0 Å². The number of hydrogen-bond donors (Lipinski definition) is 2. The minimum absolute atomic E-state index is 0.0137. The molecule has 1 rings (SSSR count). The van der Waals surface area contributed by atoms with Gasteiger partial charge in [-0.25, -0.2) is 4.98 Å². The highest BCUT2D eigenvalue weighted by atomic mass is 32.1. The molecule has 0 saturated carbocycles. The predicted octanol–water partition coefficient (Wildman–Crippen LogP) is 1.66. The van der Waals surface area contributed by atoms with Crippen molar-refractivity contribution in [2.24, 2.45) is 0 Å². The van der Waals surface area contributed by atoms with Gasteiger partial charge in [0.15, 0.2) is 0 Å². The first-order valence-corrected chi connectivity index (χ1v) is 5.88. The summed E-state index contributed by atoms with van der Waals surface area (Å²) in [7, 11) is 0. The zero-order chi connectivity index (χ0) is 11.3. The molecule has 0 radical (unpaired) electrons. The van der Waals surface area contributed by atoms with E-state index in [4.69, 9.17) is 5.11 Å². The van der Waals surface area contributed by atoms with Gasteiger partial charge in [0.1, 0.15) is 5.01 Å². The molecule has 2 N–H and O–H groups in total. The maximum atomic E-state index is 10.4. The molecule has 0 fully saturated rings. The van der Waals surface area contributed by atoms with Crippen molar-refractivity contribution in [3.05, 3.63) is 16.1 Å². The Morgan fingerprint density at radius 3 is 3.07 bits per heavy atom. The molecule has 0 aliphatic carbocycles. The van der Waals surface area contributed by atoms with Crippen LogP contribution in [0, 0.1) is 0 Å². The summed E-state index contributed by atoms with van der Waals surface area (Å²) < 4.78 is 0. The first-order chi connectivity index (χ1) is 7.11. The van der Waals surface area contributed by atoms with Crippen molar-refractivity contribution in [3.63, 3.8) is 0 Å². The number of hydrogen-bond acceptors (Lipinski definition) is 4. The quantitative estimate of drug-likeness (QED) is 0.777. The lowest BCUT2D eigenvalue weighted by molar-refractivity contribution is -0.136. The van der Waals surface area contributed by atoms with Gasteiger partial charge in [0.2, 0.25) is 0 Å². The van der Waals surface area contributed by atoms with Gasteiger partial charge in [-0.05, 0) is 13.3 Å². The van der Waals surface area contributed by atoms with Crippen LogP contribution in [-0.2, 0) is 17.8 Å². The minimum atomic E-state index is -0.832. The molecule has 0 aromatic carbocycles. The van der Waals surface area contributed by atoms with Crippen LogP contribution >= 0.6 is 11.3 Å². The van der Waals surface area contributed by atoms with Gasteiger partial charge in [-0.15, -0.1) is 11.3 Å². The van der Waals surface area contributed by atoms with E-state index in [2.05, 4.69) is 24.1 Å². The summed E-state index contributed by atoms with van der Waals surface area (Å²) in [4.78, 5) is 14.7. The second-order valence-electron chi connectivity index (χ2n) is 3.49.